The van der Waals surface area contributed by atoms with E-state index in [1.54, 1.807) is 31.8 Å². The highest BCUT2D eigenvalue weighted by Crippen LogP contribution is 2.29. The summed E-state index contributed by atoms with van der Waals surface area (Å²) in [5, 5.41) is 4.47. The van der Waals surface area contributed by atoms with Gasteiger partial charge >= 0.3 is 0 Å². The summed E-state index contributed by atoms with van der Waals surface area (Å²) in [6, 6.07) is 3.46. The molecule has 4 nitrogen and oxygen atoms in total. The van der Waals surface area contributed by atoms with Gasteiger partial charge in [-0.1, -0.05) is 30.1 Å². The number of hydrogen-bond donors (Lipinski definition) is 1. The summed E-state index contributed by atoms with van der Waals surface area (Å²) in [6.45, 7) is 2.94. The summed E-state index contributed by atoms with van der Waals surface area (Å²) in [5.74, 6) is 0.695. The number of aromatic nitrogens is 2. The lowest BCUT2D eigenvalue weighted by Crippen LogP contribution is -2.24. The number of pyridine rings is 2. The fourth-order valence-corrected chi connectivity index (χ4v) is 2.49. The van der Waals surface area contributed by atoms with E-state index in [1.807, 2.05) is 6.07 Å². The van der Waals surface area contributed by atoms with Crippen LogP contribution in [0.1, 0.15) is 30.6 Å². The molecule has 0 aliphatic carbocycles. The van der Waals surface area contributed by atoms with Crippen LogP contribution in [0.2, 0.25) is 10.0 Å². The molecule has 0 aromatic carbocycles. The molecule has 1 atom stereocenters. The first kappa shape index (κ1) is 16.0. The maximum absolute atomic E-state index is 6.29. The molecule has 0 aliphatic rings. The first-order valence-electron chi connectivity index (χ1n) is 6.69. The zero-order valence-corrected chi connectivity index (χ0v) is 13.4. The van der Waals surface area contributed by atoms with E-state index in [0.717, 1.165) is 24.2 Å². The highest BCUT2D eigenvalue weighted by atomic mass is 35.5. The molecular formula is C15H17Cl2N3O. The van der Waals surface area contributed by atoms with Gasteiger partial charge in [0.05, 0.1) is 35.1 Å². The summed E-state index contributed by atoms with van der Waals surface area (Å²) in [6.07, 6.45) is 6.04. The van der Waals surface area contributed by atoms with Crippen LogP contribution in [0, 0.1) is 0 Å². The number of halogens is 2. The van der Waals surface area contributed by atoms with E-state index in [0.29, 0.717) is 15.8 Å². The first-order chi connectivity index (χ1) is 10.2. The fourth-order valence-electron chi connectivity index (χ4n) is 2.00. The molecule has 0 radical (unpaired) electrons. The minimum atomic E-state index is -0.155. The standard InChI is InChI=1S/C15H17Cl2N3O/c1-3-4-19-14(10-5-12(21-2)9-18-7-10)15-13(17)6-11(16)8-20-15/h5-9,14,19H,3-4H2,1-2H3. The Morgan fingerprint density at radius 1 is 1.24 bits per heavy atom. The molecule has 2 heterocycles. The Labute approximate surface area is 134 Å². The second kappa shape index (κ2) is 7.59. The van der Waals surface area contributed by atoms with Crippen molar-refractivity contribution in [1.29, 1.82) is 0 Å². The molecule has 6 heteroatoms. The van der Waals surface area contributed by atoms with Crippen LogP contribution in [0.15, 0.2) is 30.7 Å². The molecule has 2 aromatic rings. The zero-order valence-electron chi connectivity index (χ0n) is 11.9. The molecule has 0 fully saturated rings. The molecule has 21 heavy (non-hydrogen) atoms. The Balaban J connectivity index is 2.41. The average molecular weight is 326 g/mol. The quantitative estimate of drug-likeness (QED) is 0.875. The van der Waals surface area contributed by atoms with Gasteiger partial charge in [-0.3, -0.25) is 9.97 Å². The van der Waals surface area contributed by atoms with E-state index in [9.17, 15) is 0 Å². The summed E-state index contributed by atoms with van der Waals surface area (Å²) in [7, 11) is 1.61. The van der Waals surface area contributed by atoms with Gasteiger partial charge in [0.15, 0.2) is 0 Å². The molecular weight excluding hydrogens is 309 g/mol. The predicted octanol–water partition coefficient (Wildman–Crippen LogP) is 3.88. The lowest BCUT2D eigenvalue weighted by molar-refractivity contribution is 0.411. The smallest absolute Gasteiger partial charge is 0.137 e. The molecule has 2 rings (SSSR count). The minimum Gasteiger partial charge on any atom is -0.495 e. The van der Waals surface area contributed by atoms with Crippen molar-refractivity contribution in [3.05, 3.63) is 52.0 Å². The number of rotatable bonds is 6. The first-order valence-corrected chi connectivity index (χ1v) is 7.44. The van der Waals surface area contributed by atoms with Gasteiger partial charge in [-0.25, -0.2) is 0 Å². The largest absolute Gasteiger partial charge is 0.495 e. The van der Waals surface area contributed by atoms with Crippen molar-refractivity contribution in [2.24, 2.45) is 0 Å². The molecule has 0 amide bonds. The topological polar surface area (TPSA) is 47.0 Å². The summed E-state index contributed by atoms with van der Waals surface area (Å²) in [5.41, 5.74) is 1.67. The van der Waals surface area contributed by atoms with Crippen molar-refractivity contribution in [2.75, 3.05) is 13.7 Å². The number of ether oxygens (including phenoxy) is 1. The molecule has 0 saturated carbocycles. The highest BCUT2D eigenvalue weighted by Gasteiger charge is 2.19. The van der Waals surface area contributed by atoms with Crippen LogP contribution in [0.3, 0.4) is 0 Å². The number of methoxy groups -OCH3 is 1. The molecule has 1 unspecified atom stereocenters. The Bertz CT molecular complexity index is 607. The van der Waals surface area contributed by atoms with Crippen LogP contribution in [-0.4, -0.2) is 23.6 Å². The molecule has 0 spiro atoms. The third-order valence-electron chi connectivity index (χ3n) is 3.01. The van der Waals surface area contributed by atoms with Gasteiger partial charge in [0.2, 0.25) is 0 Å². The second-order valence-electron chi connectivity index (χ2n) is 4.57. The fraction of sp³-hybridized carbons (Fsp3) is 0.333. The van der Waals surface area contributed by atoms with Gasteiger partial charge in [0.25, 0.3) is 0 Å². The Morgan fingerprint density at radius 2 is 2.05 bits per heavy atom. The molecule has 0 aliphatic heterocycles. The van der Waals surface area contributed by atoms with Crippen molar-refractivity contribution < 1.29 is 4.74 Å². The molecule has 1 N–H and O–H groups in total. The molecule has 0 bridgehead atoms. The van der Waals surface area contributed by atoms with Crippen LogP contribution in [0.4, 0.5) is 0 Å². The van der Waals surface area contributed by atoms with Gasteiger partial charge in [-0.2, -0.15) is 0 Å². The van der Waals surface area contributed by atoms with Crippen LogP contribution in [0.5, 0.6) is 5.75 Å². The minimum absolute atomic E-state index is 0.155. The van der Waals surface area contributed by atoms with E-state index in [1.165, 1.54) is 0 Å². The van der Waals surface area contributed by atoms with Crippen LogP contribution in [0.25, 0.3) is 0 Å². The van der Waals surface area contributed by atoms with E-state index in [4.69, 9.17) is 27.9 Å². The number of nitrogens with one attached hydrogen (secondary N) is 1. The van der Waals surface area contributed by atoms with Crippen LogP contribution < -0.4 is 10.1 Å². The van der Waals surface area contributed by atoms with E-state index in [-0.39, 0.29) is 6.04 Å². The van der Waals surface area contributed by atoms with Crippen molar-refractivity contribution in [1.82, 2.24) is 15.3 Å². The van der Waals surface area contributed by atoms with Gasteiger partial charge in [0, 0.05) is 12.4 Å². The Kier molecular flexibility index (Phi) is 5.79. The lowest BCUT2D eigenvalue weighted by atomic mass is 10.0. The van der Waals surface area contributed by atoms with Crippen molar-refractivity contribution >= 4 is 23.2 Å². The maximum atomic E-state index is 6.29. The number of hydrogen-bond acceptors (Lipinski definition) is 4. The number of nitrogens with zero attached hydrogens (tertiary/aromatic N) is 2. The monoisotopic (exact) mass is 325 g/mol. The second-order valence-corrected chi connectivity index (χ2v) is 5.41. The van der Waals surface area contributed by atoms with Crippen molar-refractivity contribution in [3.8, 4) is 5.75 Å². The van der Waals surface area contributed by atoms with Gasteiger partial charge in [0.1, 0.15) is 5.75 Å². The summed E-state index contributed by atoms with van der Waals surface area (Å²) >= 11 is 12.2. The third-order valence-corrected chi connectivity index (χ3v) is 3.52. The lowest BCUT2D eigenvalue weighted by Gasteiger charge is -2.20. The summed E-state index contributed by atoms with van der Waals surface area (Å²) < 4.78 is 5.23. The summed E-state index contributed by atoms with van der Waals surface area (Å²) in [4.78, 5) is 8.56. The predicted molar refractivity (Wildman–Crippen MR) is 85.2 cm³/mol. The van der Waals surface area contributed by atoms with Crippen molar-refractivity contribution in [2.45, 2.75) is 19.4 Å². The normalized spacial score (nSPS) is 12.2. The van der Waals surface area contributed by atoms with E-state index < -0.39 is 0 Å². The zero-order chi connectivity index (χ0) is 15.2. The third kappa shape index (κ3) is 4.06. The van der Waals surface area contributed by atoms with Crippen molar-refractivity contribution in [3.63, 3.8) is 0 Å². The van der Waals surface area contributed by atoms with E-state index >= 15 is 0 Å². The molecule has 0 saturated heterocycles. The Morgan fingerprint density at radius 3 is 2.71 bits per heavy atom. The van der Waals surface area contributed by atoms with Crippen LogP contribution in [-0.2, 0) is 0 Å². The van der Waals surface area contributed by atoms with Gasteiger partial charge in [-0.15, -0.1) is 0 Å². The van der Waals surface area contributed by atoms with Gasteiger partial charge < -0.3 is 10.1 Å². The molecule has 112 valence electrons. The average Bonchev–Trinajstić information content (AvgIpc) is 2.49. The SMILES string of the molecule is CCCNC(c1cncc(OC)c1)c1ncc(Cl)cc1Cl. The van der Waals surface area contributed by atoms with Crippen LogP contribution >= 0.6 is 23.2 Å². The Hall–Kier alpha value is -1.36. The highest BCUT2D eigenvalue weighted by molar-refractivity contribution is 6.34. The molecule has 2 aromatic heterocycles. The van der Waals surface area contributed by atoms with Gasteiger partial charge in [-0.05, 0) is 30.7 Å². The van der Waals surface area contributed by atoms with E-state index in [2.05, 4.69) is 22.2 Å². The maximum Gasteiger partial charge on any atom is 0.137 e.